The lowest BCUT2D eigenvalue weighted by molar-refractivity contribution is -0.114. The summed E-state index contributed by atoms with van der Waals surface area (Å²) in [5.74, 6) is -0.881. The molecule has 0 saturated carbocycles. The van der Waals surface area contributed by atoms with Gasteiger partial charge in [-0.1, -0.05) is 37.3 Å². The normalized spacial score (nSPS) is 24.0. The molecule has 0 radical (unpaired) electrons. The van der Waals surface area contributed by atoms with Gasteiger partial charge in [0.25, 0.3) is 0 Å². The fourth-order valence-electron chi connectivity index (χ4n) is 3.19. The van der Waals surface area contributed by atoms with Crippen LogP contribution in [0.3, 0.4) is 0 Å². The maximum atomic E-state index is 15.5. The minimum absolute atomic E-state index is 0.258. The first-order chi connectivity index (χ1) is 11.2. The van der Waals surface area contributed by atoms with Crippen molar-refractivity contribution in [1.29, 1.82) is 0 Å². The molecule has 2 atom stereocenters. The first-order valence-corrected chi connectivity index (χ1v) is 7.94. The van der Waals surface area contributed by atoms with Crippen LogP contribution in [0.5, 0.6) is 5.75 Å². The van der Waals surface area contributed by atoms with Crippen LogP contribution in [0.1, 0.15) is 18.9 Å². The highest BCUT2D eigenvalue weighted by Gasteiger charge is 2.48. The summed E-state index contributed by atoms with van der Waals surface area (Å²) in [4.78, 5) is 1.99. The van der Waals surface area contributed by atoms with Gasteiger partial charge in [0, 0.05) is 12.1 Å². The molecule has 1 aliphatic heterocycles. The maximum absolute atomic E-state index is 15.5. The molecule has 3 rings (SSSR count). The quantitative estimate of drug-likeness (QED) is 0.826. The molecule has 1 aliphatic rings. The molecule has 122 valence electrons. The second-order valence-electron chi connectivity index (χ2n) is 5.81. The van der Waals surface area contributed by atoms with Gasteiger partial charge in [-0.2, -0.15) is 0 Å². The van der Waals surface area contributed by atoms with E-state index >= 15 is 4.39 Å². The number of hydrogen-bond donors (Lipinski definition) is 0. The Morgan fingerprint density at radius 3 is 2.48 bits per heavy atom. The number of hydrogen-bond acceptors (Lipinski definition) is 3. The van der Waals surface area contributed by atoms with E-state index in [1.165, 1.54) is 0 Å². The molecule has 1 saturated heterocycles. The number of alkyl halides is 1. The Labute approximate surface area is 136 Å². The summed E-state index contributed by atoms with van der Waals surface area (Å²) in [5.41, 5.74) is 1.90. The SMILES string of the molecule is CCC1N(c2ccc(OC)cc2)COC1(F)Cc1ccccc1. The summed E-state index contributed by atoms with van der Waals surface area (Å²) < 4.78 is 26.2. The van der Waals surface area contributed by atoms with Crippen molar-refractivity contribution in [3.05, 3.63) is 60.2 Å². The summed E-state index contributed by atoms with van der Waals surface area (Å²) in [5, 5.41) is 0. The van der Waals surface area contributed by atoms with Crippen molar-refractivity contribution in [2.75, 3.05) is 18.7 Å². The van der Waals surface area contributed by atoms with Crippen LogP contribution in [0.2, 0.25) is 0 Å². The molecule has 2 aromatic carbocycles. The second kappa shape index (κ2) is 6.59. The number of rotatable bonds is 5. The Kier molecular flexibility index (Phi) is 4.53. The minimum atomic E-state index is -1.67. The van der Waals surface area contributed by atoms with Crippen molar-refractivity contribution < 1.29 is 13.9 Å². The zero-order valence-electron chi connectivity index (χ0n) is 13.5. The van der Waals surface area contributed by atoms with Crippen molar-refractivity contribution in [2.24, 2.45) is 0 Å². The lowest BCUT2D eigenvalue weighted by Crippen LogP contribution is -2.43. The van der Waals surface area contributed by atoms with Crippen LogP contribution in [0.4, 0.5) is 10.1 Å². The van der Waals surface area contributed by atoms with E-state index in [2.05, 4.69) is 0 Å². The molecule has 23 heavy (non-hydrogen) atoms. The number of anilines is 1. The molecular weight excluding hydrogens is 293 g/mol. The van der Waals surface area contributed by atoms with Gasteiger partial charge in [0.15, 0.2) is 0 Å². The van der Waals surface area contributed by atoms with E-state index < -0.39 is 5.85 Å². The first kappa shape index (κ1) is 15.8. The van der Waals surface area contributed by atoms with Gasteiger partial charge in [0.2, 0.25) is 5.85 Å². The molecule has 0 N–H and O–H groups in total. The Morgan fingerprint density at radius 2 is 1.87 bits per heavy atom. The van der Waals surface area contributed by atoms with Gasteiger partial charge in [-0.3, -0.25) is 0 Å². The van der Waals surface area contributed by atoms with E-state index in [4.69, 9.17) is 9.47 Å². The highest BCUT2D eigenvalue weighted by Crippen LogP contribution is 2.38. The zero-order chi connectivity index (χ0) is 16.3. The van der Waals surface area contributed by atoms with Crippen LogP contribution in [-0.4, -0.2) is 25.7 Å². The van der Waals surface area contributed by atoms with Crippen molar-refractivity contribution in [1.82, 2.24) is 0 Å². The lowest BCUT2D eigenvalue weighted by Gasteiger charge is -2.30. The smallest absolute Gasteiger partial charge is 0.235 e. The molecule has 1 fully saturated rings. The van der Waals surface area contributed by atoms with Gasteiger partial charge in [0.05, 0.1) is 13.2 Å². The van der Waals surface area contributed by atoms with Crippen molar-refractivity contribution >= 4 is 5.69 Å². The predicted molar refractivity (Wildman–Crippen MR) is 89.5 cm³/mol. The molecule has 2 aromatic rings. The van der Waals surface area contributed by atoms with Gasteiger partial charge in [-0.25, -0.2) is 4.39 Å². The Balaban J connectivity index is 1.81. The van der Waals surface area contributed by atoms with E-state index in [0.29, 0.717) is 6.42 Å². The number of nitrogens with zero attached hydrogens (tertiary/aromatic N) is 1. The van der Waals surface area contributed by atoms with Crippen LogP contribution in [0.15, 0.2) is 54.6 Å². The average Bonchev–Trinajstić information content (AvgIpc) is 2.92. The van der Waals surface area contributed by atoms with E-state index in [9.17, 15) is 0 Å². The fraction of sp³-hybridized carbons (Fsp3) is 0.368. The van der Waals surface area contributed by atoms with E-state index in [-0.39, 0.29) is 19.2 Å². The van der Waals surface area contributed by atoms with Crippen LogP contribution < -0.4 is 9.64 Å². The van der Waals surface area contributed by atoms with Gasteiger partial charge in [0.1, 0.15) is 12.5 Å². The van der Waals surface area contributed by atoms with Gasteiger partial charge >= 0.3 is 0 Å². The molecule has 0 aromatic heterocycles. The predicted octanol–water partition coefficient (Wildman–Crippen LogP) is 4.18. The zero-order valence-corrected chi connectivity index (χ0v) is 13.5. The largest absolute Gasteiger partial charge is 0.497 e. The molecule has 4 heteroatoms. The molecule has 0 amide bonds. The second-order valence-corrected chi connectivity index (χ2v) is 5.81. The van der Waals surface area contributed by atoms with E-state index in [0.717, 1.165) is 17.0 Å². The monoisotopic (exact) mass is 315 g/mol. The summed E-state index contributed by atoms with van der Waals surface area (Å²) >= 11 is 0. The summed E-state index contributed by atoms with van der Waals surface area (Å²) in [6.07, 6.45) is 0.939. The van der Waals surface area contributed by atoms with Gasteiger partial charge in [-0.05, 0) is 36.2 Å². The van der Waals surface area contributed by atoms with Crippen LogP contribution >= 0.6 is 0 Å². The topological polar surface area (TPSA) is 21.7 Å². The third kappa shape index (κ3) is 3.17. The third-order valence-electron chi connectivity index (χ3n) is 4.40. The number of benzene rings is 2. The molecule has 1 heterocycles. The Morgan fingerprint density at radius 1 is 1.17 bits per heavy atom. The van der Waals surface area contributed by atoms with Gasteiger partial charge in [-0.15, -0.1) is 0 Å². The highest BCUT2D eigenvalue weighted by atomic mass is 19.2. The van der Waals surface area contributed by atoms with Crippen LogP contribution in [0.25, 0.3) is 0 Å². The molecule has 0 spiro atoms. The standard InChI is InChI=1S/C19H22FNO2/c1-3-18-19(20,13-15-7-5-4-6-8-15)23-14-21(18)16-9-11-17(22-2)12-10-16/h4-12,18H,3,13-14H2,1-2H3. The minimum Gasteiger partial charge on any atom is -0.497 e. The van der Waals surface area contributed by atoms with Crippen LogP contribution in [-0.2, 0) is 11.2 Å². The molecule has 0 aliphatic carbocycles. The molecule has 0 bridgehead atoms. The van der Waals surface area contributed by atoms with Crippen molar-refractivity contribution in [2.45, 2.75) is 31.7 Å². The number of ether oxygens (including phenoxy) is 2. The van der Waals surface area contributed by atoms with E-state index in [1.54, 1.807) is 7.11 Å². The fourth-order valence-corrected chi connectivity index (χ4v) is 3.19. The highest BCUT2D eigenvalue weighted by molar-refractivity contribution is 5.51. The lowest BCUT2D eigenvalue weighted by atomic mass is 9.97. The third-order valence-corrected chi connectivity index (χ3v) is 4.40. The van der Waals surface area contributed by atoms with E-state index in [1.807, 2.05) is 66.4 Å². The summed E-state index contributed by atoms with van der Waals surface area (Å²) in [6.45, 7) is 2.25. The van der Waals surface area contributed by atoms with Gasteiger partial charge < -0.3 is 14.4 Å². The van der Waals surface area contributed by atoms with Crippen molar-refractivity contribution in [3.63, 3.8) is 0 Å². The first-order valence-electron chi connectivity index (χ1n) is 7.94. The average molecular weight is 315 g/mol. The van der Waals surface area contributed by atoms with Crippen molar-refractivity contribution in [3.8, 4) is 5.75 Å². The number of halogens is 1. The Bertz CT molecular complexity index is 632. The van der Waals surface area contributed by atoms with Crippen LogP contribution in [0, 0.1) is 0 Å². The Hall–Kier alpha value is -2.07. The summed E-state index contributed by atoms with van der Waals surface area (Å²) in [6, 6.07) is 17.0. The molecular formula is C19H22FNO2. The number of methoxy groups -OCH3 is 1. The maximum Gasteiger partial charge on any atom is 0.235 e. The summed E-state index contributed by atoms with van der Waals surface area (Å²) in [7, 11) is 1.63. The molecule has 3 nitrogen and oxygen atoms in total. The molecule has 2 unspecified atom stereocenters.